The highest BCUT2D eigenvalue weighted by Crippen LogP contribution is 2.29. The molecule has 2 aromatic rings. The normalized spacial score (nSPS) is 21.2. The van der Waals surface area contributed by atoms with Gasteiger partial charge < -0.3 is 10.0 Å². The number of rotatable bonds is 7. The minimum atomic E-state index is 0.148. The predicted octanol–water partition coefficient (Wildman–Crippen LogP) is 5.49. The molecule has 4 rings (SSSR count). The standard InChI is InChI=1S/C25H34ClN3O/c26-24-14-20(10-11-25(24)30)16-28(17-21-6-4-12-27-15-21)18-22-7-5-13-29(19-22)23-8-2-1-3-9-23/h4,6,10-12,14-15,22-23,30H,1-3,5,7-9,13,16-19H2. The van der Waals surface area contributed by atoms with Crippen molar-refractivity contribution in [3.05, 3.63) is 58.9 Å². The number of halogens is 1. The van der Waals surface area contributed by atoms with Crippen LogP contribution in [0.5, 0.6) is 5.75 Å². The summed E-state index contributed by atoms with van der Waals surface area (Å²) in [6.45, 7) is 5.29. The van der Waals surface area contributed by atoms with Crippen molar-refractivity contribution in [1.29, 1.82) is 0 Å². The second-order valence-electron chi connectivity index (χ2n) is 9.11. The number of aromatic nitrogens is 1. The summed E-state index contributed by atoms with van der Waals surface area (Å²) in [7, 11) is 0. The van der Waals surface area contributed by atoms with Gasteiger partial charge in [0.15, 0.2) is 0 Å². The van der Waals surface area contributed by atoms with Crippen molar-refractivity contribution < 1.29 is 5.11 Å². The molecule has 0 radical (unpaired) electrons. The SMILES string of the molecule is Oc1ccc(CN(Cc2cccnc2)CC2CCCN(C3CCCCC3)C2)cc1Cl. The van der Waals surface area contributed by atoms with Crippen LogP contribution in [0.3, 0.4) is 0 Å². The molecule has 2 fully saturated rings. The van der Waals surface area contributed by atoms with E-state index in [1.165, 1.54) is 63.6 Å². The lowest BCUT2D eigenvalue weighted by Gasteiger charge is -2.41. The number of aromatic hydroxyl groups is 1. The van der Waals surface area contributed by atoms with Crippen molar-refractivity contribution in [2.75, 3.05) is 19.6 Å². The van der Waals surface area contributed by atoms with Crippen LogP contribution in [0.2, 0.25) is 5.02 Å². The van der Waals surface area contributed by atoms with Crippen molar-refractivity contribution in [3.63, 3.8) is 0 Å². The molecule has 162 valence electrons. The van der Waals surface area contributed by atoms with E-state index < -0.39 is 0 Å². The van der Waals surface area contributed by atoms with Crippen LogP contribution in [0.25, 0.3) is 0 Å². The van der Waals surface area contributed by atoms with Crippen molar-refractivity contribution >= 4 is 11.6 Å². The fourth-order valence-electron chi connectivity index (χ4n) is 5.23. The number of likely N-dealkylation sites (tertiary alicyclic amines) is 1. The maximum Gasteiger partial charge on any atom is 0.134 e. The van der Waals surface area contributed by atoms with E-state index in [2.05, 4.69) is 20.9 Å². The molecule has 0 bridgehead atoms. The number of phenolic OH excluding ortho intramolecular Hbond substituents is 1. The number of hydrogen-bond acceptors (Lipinski definition) is 4. The first kappa shape index (κ1) is 21.6. The fraction of sp³-hybridized carbons (Fsp3) is 0.560. The first-order chi connectivity index (χ1) is 14.7. The Balaban J connectivity index is 1.43. The summed E-state index contributed by atoms with van der Waals surface area (Å²) in [6.07, 6.45) is 13.4. The molecule has 30 heavy (non-hydrogen) atoms. The Morgan fingerprint density at radius 1 is 1.03 bits per heavy atom. The van der Waals surface area contributed by atoms with Gasteiger partial charge in [0.1, 0.15) is 5.75 Å². The summed E-state index contributed by atoms with van der Waals surface area (Å²) >= 11 is 6.17. The Morgan fingerprint density at radius 2 is 1.87 bits per heavy atom. The Hall–Kier alpha value is -1.62. The molecular weight excluding hydrogens is 394 g/mol. The van der Waals surface area contributed by atoms with Crippen molar-refractivity contribution in [1.82, 2.24) is 14.8 Å². The van der Waals surface area contributed by atoms with E-state index in [9.17, 15) is 5.11 Å². The molecule has 2 aliphatic rings. The zero-order chi connectivity index (χ0) is 20.8. The van der Waals surface area contributed by atoms with E-state index in [4.69, 9.17) is 11.6 Å². The van der Waals surface area contributed by atoms with E-state index >= 15 is 0 Å². The van der Waals surface area contributed by atoms with Crippen LogP contribution in [-0.2, 0) is 13.1 Å². The molecule has 0 amide bonds. The van der Waals surface area contributed by atoms with Gasteiger partial charge in [0.25, 0.3) is 0 Å². The van der Waals surface area contributed by atoms with Crippen LogP contribution in [0, 0.1) is 5.92 Å². The number of phenols is 1. The van der Waals surface area contributed by atoms with E-state index in [1.807, 2.05) is 30.6 Å². The summed E-state index contributed by atoms with van der Waals surface area (Å²) < 4.78 is 0. The summed E-state index contributed by atoms with van der Waals surface area (Å²) in [4.78, 5) is 9.61. The maximum atomic E-state index is 9.77. The second kappa shape index (κ2) is 10.6. The summed E-state index contributed by atoms with van der Waals surface area (Å²) in [5.74, 6) is 0.847. The van der Waals surface area contributed by atoms with Crippen molar-refractivity contribution in [3.8, 4) is 5.75 Å². The lowest BCUT2D eigenvalue weighted by molar-refractivity contribution is 0.0771. The van der Waals surface area contributed by atoms with Gasteiger partial charge in [-0.3, -0.25) is 9.88 Å². The second-order valence-corrected chi connectivity index (χ2v) is 9.52. The quantitative estimate of drug-likeness (QED) is 0.634. The molecule has 1 saturated carbocycles. The molecule has 1 atom stereocenters. The zero-order valence-electron chi connectivity index (χ0n) is 17.8. The van der Waals surface area contributed by atoms with E-state index in [-0.39, 0.29) is 5.75 Å². The Bertz CT molecular complexity index is 794. The summed E-state index contributed by atoms with van der Waals surface area (Å²) in [5, 5.41) is 10.2. The third kappa shape index (κ3) is 5.96. The minimum absolute atomic E-state index is 0.148. The van der Waals surface area contributed by atoms with Gasteiger partial charge in [0.2, 0.25) is 0 Å². The van der Waals surface area contributed by atoms with E-state index in [0.29, 0.717) is 10.9 Å². The zero-order valence-corrected chi connectivity index (χ0v) is 18.6. The first-order valence-electron chi connectivity index (χ1n) is 11.5. The molecule has 1 saturated heterocycles. The smallest absolute Gasteiger partial charge is 0.134 e. The minimum Gasteiger partial charge on any atom is -0.506 e. The van der Waals surface area contributed by atoms with E-state index in [0.717, 1.165) is 31.2 Å². The van der Waals surface area contributed by atoms with Crippen LogP contribution in [-0.4, -0.2) is 45.6 Å². The van der Waals surface area contributed by atoms with Crippen LogP contribution in [0.1, 0.15) is 56.1 Å². The molecule has 1 N–H and O–H groups in total. The van der Waals surface area contributed by atoms with Gasteiger partial charge in [0, 0.05) is 44.6 Å². The molecule has 4 nitrogen and oxygen atoms in total. The average molecular weight is 428 g/mol. The van der Waals surface area contributed by atoms with Gasteiger partial charge in [0.05, 0.1) is 5.02 Å². The highest BCUT2D eigenvalue weighted by molar-refractivity contribution is 6.32. The van der Waals surface area contributed by atoms with Gasteiger partial charge in [-0.2, -0.15) is 0 Å². The number of nitrogens with zero attached hydrogens (tertiary/aromatic N) is 3. The van der Waals surface area contributed by atoms with Crippen LogP contribution >= 0.6 is 11.6 Å². The van der Waals surface area contributed by atoms with Crippen molar-refractivity contribution in [2.24, 2.45) is 5.92 Å². The molecule has 1 aromatic heterocycles. The molecule has 1 aliphatic heterocycles. The molecule has 0 spiro atoms. The lowest BCUT2D eigenvalue weighted by atomic mass is 9.90. The molecule has 5 heteroatoms. The highest BCUT2D eigenvalue weighted by Gasteiger charge is 2.28. The predicted molar refractivity (Wildman–Crippen MR) is 123 cm³/mol. The van der Waals surface area contributed by atoms with Crippen LogP contribution in [0.15, 0.2) is 42.7 Å². The average Bonchev–Trinajstić information content (AvgIpc) is 2.78. The monoisotopic (exact) mass is 427 g/mol. The van der Waals surface area contributed by atoms with Gasteiger partial charge in [-0.1, -0.05) is 43.0 Å². The highest BCUT2D eigenvalue weighted by atomic mass is 35.5. The molecule has 1 unspecified atom stereocenters. The third-order valence-corrected chi connectivity index (χ3v) is 7.01. The summed E-state index contributed by atoms with van der Waals surface area (Å²) in [5.41, 5.74) is 2.38. The Kier molecular flexibility index (Phi) is 7.64. The molecule has 1 aromatic carbocycles. The number of benzene rings is 1. The molecule has 1 aliphatic carbocycles. The largest absolute Gasteiger partial charge is 0.506 e. The molecule has 2 heterocycles. The van der Waals surface area contributed by atoms with Crippen LogP contribution in [0.4, 0.5) is 0 Å². The summed E-state index contributed by atoms with van der Waals surface area (Å²) in [6, 6.07) is 10.5. The lowest BCUT2D eigenvalue weighted by Crippen LogP contribution is -2.46. The van der Waals surface area contributed by atoms with Crippen molar-refractivity contribution in [2.45, 2.75) is 64.1 Å². The van der Waals surface area contributed by atoms with Gasteiger partial charge in [-0.25, -0.2) is 0 Å². The number of pyridine rings is 1. The topological polar surface area (TPSA) is 39.6 Å². The van der Waals surface area contributed by atoms with Gasteiger partial charge in [-0.15, -0.1) is 0 Å². The van der Waals surface area contributed by atoms with E-state index in [1.54, 1.807) is 6.07 Å². The Morgan fingerprint density at radius 3 is 2.63 bits per heavy atom. The van der Waals surface area contributed by atoms with Gasteiger partial charge >= 0.3 is 0 Å². The third-order valence-electron chi connectivity index (χ3n) is 6.71. The number of hydrogen-bond donors (Lipinski definition) is 1. The Labute approximate surface area is 185 Å². The van der Waals surface area contributed by atoms with Gasteiger partial charge in [-0.05, 0) is 67.5 Å². The fourth-order valence-corrected chi connectivity index (χ4v) is 5.43. The maximum absolute atomic E-state index is 9.77. The number of piperidine rings is 1. The first-order valence-corrected chi connectivity index (χ1v) is 11.9. The molecular formula is C25H34ClN3O. The van der Waals surface area contributed by atoms with Crippen LogP contribution < -0.4 is 0 Å².